The summed E-state index contributed by atoms with van der Waals surface area (Å²) in [5.41, 5.74) is 1.41. The Hall–Kier alpha value is -1.02. The maximum atomic E-state index is 5.84. The molecule has 1 N–H and O–H groups in total. The molecule has 2 nitrogen and oxygen atoms in total. The van der Waals surface area contributed by atoms with Gasteiger partial charge in [0.1, 0.15) is 5.75 Å². The van der Waals surface area contributed by atoms with Crippen LogP contribution >= 0.6 is 0 Å². The highest BCUT2D eigenvalue weighted by atomic mass is 16.5. The Labute approximate surface area is 110 Å². The van der Waals surface area contributed by atoms with Crippen LogP contribution in [0.15, 0.2) is 24.3 Å². The van der Waals surface area contributed by atoms with Crippen molar-refractivity contribution in [1.29, 1.82) is 0 Å². The average molecular weight is 245 g/mol. The van der Waals surface area contributed by atoms with Crippen molar-refractivity contribution in [2.75, 3.05) is 13.2 Å². The van der Waals surface area contributed by atoms with Gasteiger partial charge >= 0.3 is 0 Å². The molecule has 0 aromatic heterocycles. The van der Waals surface area contributed by atoms with Gasteiger partial charge in [0.25, 0.3) is 0 Å². The molecule has 0 amide bonds. The van der Waals surface area contributed by atoms with E-state index < -0.39 is 0 Å². The summed E-state index contributed by atoms with van der Waals surface area (Å²) in [5.74, 6) is 1.88. The maximum absolute atomic E-state index is 5.84. The molecule has 1 aromatic carbocycles. The molecule has 2 aliphatic rings. The molecule has 1 aromatic rings. The monoisotopic (exact) mass is 245 g/mol. The highest BCUT2D eigenvalue weighted by Crippen LogP contribution is 2.29. The van der Waals surface area contributed by atoms with Gasteiger partial charge in [-0.3, -0.25) is 0 Å². The molecule has 2 heteroatoms. The lowest BCUT2D eigenvalue weighted by Gasteiger charge is -2.23. The van der Waals surface area contributed by atoms with E-state index >= 15 is 0 Å². The number of hydrogen-bond donors (Lipinski definition) is 1. The third-order valence-electron chi connectivity index (χ3n) is 3.98. The molecule has 0 bridgehead atoms. The van der Waals surface area contributed by atoms with Gasteiger partial charge in [-0.2, -0.15) is 0 Å². The van der Waals surface area contributed by atoms with Crippen LogP contribution in [-0.2, 0) is 6.42 Å². The van der Waals surface area contributed by atoms with Gasteiger partial charge in [-0.15, -0.1) is 0 Å². The smallest absolute Gasteiger partial charge is 0.119 e. The number of benzene rings is 1. The Morgan fingerprint density at radius 1 is 1.17 bits per heavy atom. The highest BCUT2D eigenvalue weighted by molar-refractivity contribution is 5.29. The molecule has 1 aliphatic heterocycles. The van der Waals surface area contributed by atoms with Crippen LogP contribution in [0.1, 0.15) is 37.7 Å². The molecule has 1 saturated heterocycles. The van der Waals surface area contributed by atoms with E-state index in [1.54, 1.807) is 0 Å². The number of hydrogen-bond acceptors (Lipinski definition) is 2. The van der Waals surface area contributed by atoms with E-state index in [1.165, 1.54) is 44.2 Å². The zero-order valence-corrected chi connectivity index (χ0v) is 11.0. The SMILES string of the molecule is c1cc(CC2CCCCN2)cc(OCC2CC2)c1. The normalized spacial score (nSPS) is 23.9. The van der Waals surface area contributed by atoms with Gasteiger partial charge in [0, 0.05) is 6.04 Å². The van der Waals surface area contributed by atoms with Crippen LogP contribution in [0.4, 0.5) is 0 Å². The number of rotatable bonds is 5. The molecule has 1 saturated carbocycles. The molecule has 1 unspecified atom stereocenters. The van der Waals surface area contributed by atoms with Crippen molar-refractivity contribution in [3.8, 4) is 5.75 Å². The fraction of sp³-hybridized carbons (Fsp3) is 0.625. The lowest BCUT2D eigenvalue weighted by Crippen LogP contribution is -2.35. The zero-order chi connectivity index (χ0) is 12.2. The van der Waals surface area contributed by atoms with E-state index in [1.807, 2.05) is 0 Å². The molecule has 1 heterocycles. The summed E-state index contributed by atoms with van der Waals surface area (Å²) < 4.78 is 5.84. The topological polar surface area (TPSA) is 21.3 Å². The van der Waals surface area contributed by atoms with Crippen molar-refractivity contribution >= 4 is 0 Å². The quantitative estimate of drug-likeness (QED) is 0.860. The minimum absolute atomic E-state index is 0.664. The highest BCUT2D eigenvalue weighted by Gasteiger charge is 2.22. The van der Waals surface area contributed by atoms with Crippen LogP contribution in [0.2, 0.25) is 0 Å². The second-order valence-electron chi connectivity index (χ2n) is 5.75. The predicted octanol–water partition coefficient (Wildman–Crippen LogP) is 3.16. The van der Waals surface area contributed by atoms with Crippen molar-refractivity contribution in [2.45, 2.75) is 44.6 Å². The second kappa shape index (κ2) is 5.75. The van der Waals surface area contributed by atoms with E-state index in [0.717, 1.165) is 24.7 Å². The first-order chi connectivity index (χ1) is 8.90. The Bertz CT molecular complexity index is 380. The minimum Gasteiger partial charge on any atom is -0.493 e. The summed E-state index contributed by atoms with van der Waals surface area (Å²) in [6, 6.07) is 9.32. The van der Waals surface area contributed by atoms with E-state index in [2.05, 4.69) is 29.6 Å². The van der Waals surface area contributed by atoms with Crippen LogP contribution in [0.5, 0.6) is 5.75 Å². The Morgan fingerprint density at radius 2 is 2.11 bits per heavy atom. The van der Waals surface area contributed by atoms with Gasteiger partial charge in [0.05, 0.1) is 6.61 Å². The Balaban J connectivity index is 1.55. The van der Waals surface area contributed by atoms with Crippen LogP contribution < -0.4 is 10.1 Å². The lowest BCUT2D eigenvalue weighted by molar-refractivity contribution is 0.299. The first-order valence-corrected chi connectivity index (χ1v) is 7.35. The van der Waals surface area contributed by atoms with Gasteiger partial charge in [-0.1, -0.05) is 18.6 Å². The fourth-order valence-electron chi connectivity index (χ4n) is 2.64. The molecule has 0 radical (unpaired) electrons. The van der Waals surface area contributed by atoms with Crippen molar-refractivity contribution in [3.05, 3.63) is 29.8 Å². The largest absolute Gasteiger partial charge is 0.493 e. The summed E-state index contributed by atoms with van der Waals surface area (Å²) in [7, 11) is 0. The Kier molecular flexibility index (Phi) is 3.84. The molecule has 1 atom stereocenters. The maximum Gasteiger partial charge on any atom is 0.119 e. The zero-order valence-electron chi connectivity index (χ0n) is 11.0. The number of ether oxygens (including phenoxy) is 1. The number of piperidine rings is 1. The van der Waals surface area contributed by atoms with Crippen LogP contribution in [0.25, 0.3) is 0 Å². The second-order valence-corrected chi connectivity index (χ2v) is 5.75. The van der Waals surface area contributed by atoms with Crippen molar-refractivity contribution < 1.29 is 4.74 Å². The summed E-state index contributed by atoms with van der Waals surface area (Å²) in [5, 5.41) is 3.61. The minimum atomic E-state index is 0.664. The van der Waals surface area contributed by atoms with E-state index in [4.69, 9.17) is 4.74 Å². The lowest BCUT2D eigenvalue weighted by atomic mass is 9.98. The molecule has 98 valence electrons. The molecule has 18 heavy (non-hydrogen) atoms. The van der Waals surface area contributed by atoms with Crippen molar-refractivity contribution in [1.82, 2.24) is 5.32 Å². The van der Waals surface area contributed by atoms with Gasteiger partial charge < -0.3 is 10.1 Å². The summed E-state index contributed by atoms with van der Waals surface area (Å²) in [6.45, 7) is 2.09. The summed E-state index contributed by atoms with van der Waals surface area (Å²) in [6.07, 6.45) is 7.86. The first kappa shape index (κ1) is 12.0. The van der Waals surface area contributed by atoms with Gasteiger partial charge in [0.2, 0.25) is 0 Å². The molecular formula is C16H23NO. The summed E-state index contributed by atoms with van der Waals surface area (Å²) >= 11 is 0. The first-order valence-electron chi connectivity index (χ1n) is 7.35. The number of nitrogens with one attached hydrogen (secondary N) is 1. The van der Waals surface area contributed by atoms with Crippen LogP contribution in [0.3, 0.4) is 0 Å². The van der Waals surface area contributed by atoms with Gasteiger partial charge in [0.15, 0.2) is 0 Å². The molecule has 3 rings (SSSR count). The van der Waals surface area contributed by atoms with Crippen LogP contribution in [-0.4, -0.2) is 19.2 Å². The van der Waals surface area contributed by atoms with E-state index in [0.29, 0.717) is 6.04 Å². The van der Waals surface area contributed by atoms with E-state index in [-0.39, 0.29) is 0 Å². The van der Waals surface area contributed by atoms with Crippen LogP contribution in [0, 0.1) is 5.92 Å². The van der Waals surface area contributed by atoms with Gasteiger partial charge in [-0.25, -0.2) is 0 Å². The fourth-order valence-corrected chi connectivity index (χ4v) is 2.64. The molecule has 1 aliphatic carbocycles. The molecule has 0 spiro atoms. The third-order valence-corrected chi connectivity index (χ3v) is 3.98. The predicted molar refractivity (Wildman–Crippen MR) is 74.0 cm³/mol. The molecular weight excluding hydrogens is 222 g/mol. The molecule has 2 fully saturated rings. The van der Waals surface area contributed by atoms with Gasteiger partial charge in [-0.05, 0) is 62.3 Å². The third kappa shape index (κ3) is 3.49. The van der Waals surface area contributed by atoms with E-state index in [9.17, 15) is 0 Å². The van der Waals surface area contributed by atoms with Crippen molar-refractivity contribution in [3.63, 3.8) is 0 Å². The Morgan fingerprint density at radius 3 is 2.89 bits per heavy atom. The van der Waals surface area contributed by atoms with Crippen molar-refractivity contribution in [2.24, 2.45) is 5.92 Å². The standard InChI is InChI=1S/C16H23NO/c1-2-9-17-15(5-1)10-14-4-3-6-16(11-14)18-12-13-7-8-13/h3-4,6,11,13,15,17H,1-2,5,7-10,12H2. The summed E-state index contributed by atoms with van der Waals surface area (Å²) in [4.78, 5) is 0. The average Bonchev–Trinajstić information content (AvgIpc) is 3.22.